The van der Waals surface area contributed by atoms with Crippen LogP contribution in [0.4, 0.5) is 0 Å². The van der Waals surface area contributed by atoms with Crippen molar-refractivity contribution in [2.24, 2.45) is 5.92 Å². The van der Waals surface area contributed by atoms with Crippen molar-refractivity contribution in [2.45, 2.75) is 39.8 Å². The van der Waals surface area contributed by atoms with E-state index in [9.17, 15) is 0 Å². The van der Waals surface area contributed by atoms with Crippen molar-refractivity contribution in [1.82, 2.24) is 15.1 Å². The molecule has 1 atom stereocenters. The number of rotatable bonds is 7. The molecule has 0 aliphatic carbocycles. The first-order valence-electron chi connectivity index (χ1n) is 7.42. The van der Waals surface area contributed by atoms with Crippen LogP contribution >= 0.6 is 0 Å². The molecule has 1 aromatic heterocycles. The summed E-state index contributed by atoms with van der Waals surface area (Å²) in [6, 6.07) is 11.1. The smallest absolute Gasteiger partial charge is 0.0534 e. The first kappa shape index (κ1) is 14.8. The number of nitrogens with zero attached hydrogens (tertiary/aromatic N) is 2. The van der Waals surface area contributed by atoms with Gasteiger partial charge < -0.3 is 5.32 Å². The highest BCUT2D eigenvalue weighted by molar-refractivity contribution is 5.18. The average molecular weight is 271 g/mol. The molecule has 1 N–H and O–H groups in total. The van der Waals surface area contributed by atoms with Crippen molar-refractivity contribution in [3.8, 4) is 0 Å². The number of hydrogen-bond donors (Lipinski definition) is 1. The second kappa shape index (κ2) is 7.25. The van der Waals surface area contributed by atoms with E-state index in [0.29, 0.717) is 12.0 Å². The summed E-state index contributed by atoms with van der Waals surface area (Å²) in [5.41, 5.74) is 2.59. The molecule has 0 bridgehead atoms. The zero-order valence-corrected chi connectivity index (χ0v) is 12.7. The first-order valence-corrected chi connectivity index (χ1v) is 7.42. The minimum Gasteiger partial charge on any atom is -0.308 e. The van der Waals surface area contributed by atoms with Gasteiger partial charge in [0.05, 0.1) is 12.7 Å². The summed E-state index contributed by atoms with van der Waals surface area (Å²) in [6.45, 7) is 8.47. The highest BCUT2D eigenvalue weighted by atomic mass is 15.3. The number of benzene rings is 1. The Labute approximate surface area is 122 Å². The molecule has 0 aliphatic heterocycles. The van der Waals surface area contributed by atoms with Crippen molar-refractivity contribution in [3.05, 3.63) is 53.9 Å². The predicted molar refractivity (Wildman–Crippen MR) is 83.6 cm³/mol. The molecule has 20 heavy (non-hydrogen) atoms. The molecule has 0 amide bonds. The second-order valence-electron chi connectivity index (χ2n) is 5.83. The summed E-state index contributed by atoms with van der Waals surface area (Å²) in [5.74, 6) is 0.680. The Balaban J connectivity index is 1.91. The van der Waals surface area contributed by atoms with Crippen LogP contribution in [0.15, 0.2) is 42.7 Å². The van der Waals surface area contributed by atoms with E-state index in [2.05, 4.69) is 67.7 Å². The maximum atomic E-state index is 4.32. The minimum absolute atomic E-state index is 0.424. The monoisotopic (exact) mass is 271 g/mol. The normalized spacial score (nSPS) is 12.8. The number of nitrogens with one attached hydrogen (secondary N) is 1. The van der Waals surface area contributed by atoms with Gasteiger partial charge in [-0.1, -0.05) is 44.2 Å². The van der Waals surface area contributed by atoms with Gasteiger partial charge in [0.25, 0.3) is 0 Å². The lowest BCUT2D eigenvalue weighted by molar-refractivity contribution is 0.414. The van der Waals surface area contributed by atoms with Crippen LogP contribution in [0.5, 0.6) is 0 Å². The summed E-state index contributed by atoms with van der Waals surface area (Å²) in [4.78, 5) is 0. The van der Waals surface area contributed by atoms with E-state index < -0.39 is 0 Å². The Morgan fingerprint density at radius 1 is 1.20 bits per heavy atom. The van der Waals surface area contributed by atoms with Gasteiger partial charge in [-0.2, -0.15) is 5.10 Å². The van der Waals surface area contributed by atoms with Crippen molar-refractivity contribution in [2.75, 3.05) is 6.54 Å². The van der Waals surface area contributed by atoms with E-state index in [1.807, 2.05) is 10.9 Å². The summed E-state index contributed by atoms with van der Waals surface area (Å²) in [5, 5.41) is 7.99. The van der Waals surface area contributed by atoms with Crippen LogP contribution in [-0.2, 0) is 6.54 Å². The lowest BCUT2D eigenvalue weighted by Gasteiger charge is -2.21. The van der Waals surface area contributed by atoms with Crippen LogP contribution in [0, 0.1) is 12.8 Å². The molecule has 1 unspecified atom stereocenters. The van der Waals surface area contributed by atoms with Crippen molar-refractivity contribution < 1.29 is 0 Å². The number of aryl methyl sites for hydroxylation is 1. The Morgan fingerprint density at radius 3 is 2.55 bits per heavy atom. The molecule has 1 aromatic carbocycles. The maximum Gasteiger partial charge on any atom is 0.0534 e. The zero-order chi connectivity index (χ0) is 14.4. The van der Waals surface area contributed by atoms with E-state index in [4.69, 9.17) is 0 Å². The van der Waals surface area contributed by atoms with Crippen LogP contribution in [0.3, 0.4) is 0 Å². The van der Waals surface area contributed by atoms with Crippen LogP contribution < -0.4 is 5.32 Å². The molecule has 0 aliphatic rings. The van der Waals surface area contributed by atoms with Crippen LogP contribution in [0.2, 0.25) is 0 Å². The quantitative estimate of drug-likeness (QED) is 0.834. The van der Waals surface area contributed by atoms with E-state index in [1.165, 1.54) is 11.1 Å². The van der Waals surface area contributed by atoms with Crippen molar-refractivity contribution >= 4 is 0 Å². The Bertz CT molecular complexity index is 502. The molecule has 3 nitrogen and oxygen atoms in total. The molecule has 2 aromatic rings. The van der Waals surface area contributed by atoms with Gasteiger partial charge in [0.15, 0.2) is 0 Å². The molecule has 0 radical (unpaired) electrons. The van der Waals surface area contributed by atoms with Gasteiger partial charge in [-0.15, -0.1) is 0 Å². The van der Waals surface area contributed by atoms with Gasteiger partial charge in [0.1, 0.15) is 0 Å². The minimum atomic E-state index is 0.424. The molecular formula is C17H25N3. The van der Waals surface area contributed by atoms with E-state index in [-0.39, 0.29) is 0 Å². The fourth-order valence-corrected chi connectivity index (χ4v) is 2.44. The third-order valence-electron chi connectivity index (χ3n) is 3.40. The molecular weight excluding hydrogens is 246 g/mol. The fraction of sp³-hybridized carbons (Fsp3) is 0.471. The highest BCUT2D eigenvalue weighted by Crippen LogP contribution is 2.20. The fourth-order valence-electron chi connectivity index (χ4n) is 2.44. The summed E-state index contributed by atoms with van der Waals surface area (Å²) in [6.07, 6.45) is 5.15. The van der Waals surface area contributed by atoms with E-state index in [1.54, 1.807) is 0 Å². The number of aromatic nitrogens is 2. The standard InChI is InChI=1S/C17H25N3/c1-14(2)11-17(16-7-5-4-6-8-16)18-9-10-20-13-15(3)12-19-20/h4-8,12-14,17-18H,9-11H2,1-3H3. The van der Waals surface area contributed by atoms with E-state index >= 15 is 0 Å². The largest absolute Gasteiger partial charge is 0.308 e. The van der Waals surface area contributed by atoms with Gasteiger partial charge in [-0.05, 0) is 30.4 Å². The SMILES string of the molecule is Cc1cnn(CCNC(CC(C)C)c2ccccc2)c1. The zero-order valence-electron chi connectivity index (χ0n) is 12.7. The molecule has 108 valence electrons. The summed E-state index contributed by atoms with van der Waals surface area (Å²) < 4.78 is 2.00. The lowest BCUT2D eigenvalue weighted by atomic mass is 9.97. The summed E-state index contributed by atoms with van der Waals surface area (Å²) >= 11 is 0. The highest BCUT2D eigenvalue weighted by Gasteiger charge is 2.12. The lowest BCUT2D eigenvalue weighted by Crippen LogP contribution is -2.26. The molecule has 0 fully saturated rings. The van der Waals surface area contributed by atoms with Crippen molar-refractivity contribution in [3.63, 3.8) is 0 Å². The third-order valence-corrected chi connectivity index (χ3v) is 3.40. The number of hydrogen-bond acceptors (Lipinski definition) is 2. The summed E-state index contributed by atoms with van der Waals surface area (Å²) in [7, 11) is 0. The van der Waals surface area contributed by atoms with Gasteiger partial charge in [0, 0.05) is 18.8 Å². The predicted octanol–water partition coefficient (Wildman–Crippen LogP) is 3.57. The Kier molecular flexibility index (Phi) is 5.36. The molecule has 2 rings (SSSR count). The van der Waals surface area contributed by atoms with Crippen LogP contribution in [-0.4, -0.2) is 16.3 Å². The third kappa shape index (κ3) is 4.49. The van der Waals surface area contributed by atoms with Crippen LogP contribution in [0.1, 0.15) is 37.4 Å². The topological polar surface area (TPSA) is 29.9 Å². The second-order valence-corrected chi connectivity index (χ2v) is 5.83. The van der Waals surface area contributed by atoms with Gasteiger partial charge in [-0.25, -0.2) is 0 Å². The molecule has 0 saturated heterocycles. The van der Waals surface area contributed by atoms with Gasteiger partial charge >= 0.3 is 0 Å². The Morgan fingerprint density at radius 2 is 1.95 bits per heavy atom. The van der Waals surface area contributed by atoms with Crippen molar-refractivity contribution in [1.29, 1.82) is 0 Å². The maximum absolute atomic E-state index is 4.32. The molecule has 3 heteroatoms. The molecule has 1 heterocycles. The van der Waals surface area contributed by atoms with E-state index in [0.717, 1.165) is 19.5 Å². The van der Waals surface area contributed by atoms with Gasteiger partial charge in [-0.3, -0.25) is 4.68 Å². The van der Waals surface area contributed by atoms with Crippen LogP contribution in [0.25, 0.3) is 0 Å². The Hall–Kier alpha value is -1.61. The molecule has 0 saturated carbocycles. The molecule has 0 spiro atoms. The first-order chi connectivity index (χ1) is 9.65. The average Bonchev–Trinajstić information content (AvgIpc) is 2.84. The van der Waals surface area contributed by atoms with Gasteiger partial charge in [0.2, 0.25) is 0 Å².